The summed E-state index contributed by atoms with van der Waals surface area (Å²) < 4.78 is 46.2. The molecule has 168 valence electrons. The second-order valence-corrected chi connectivity index (χ2v) is 11.6. The fraction of sp³-hybridized carbons (Fsp3) is 0. The number of hydrogen-bond donors (Lipinski definition) is 3. The van der Waals surface area contributed by atoms with Gasteiger partial charge in [0.05, 0.1) is 10.5 Å². The summed E-state index contributed by atoms with van der Waals surface area (Å²) >= 11 is 12.5. The predicted molar refractivity (Wildman–Crippen MR) is 129 cm³/mol. The summed E-state index contributed by atoms with van der Waals surface area (Å²) in [6.45, 7) is 0. The van der Waals surface area contributed by atoms with Crippen molar-refractivity contribution in [3.05, 3.63) is 73.0 Å². The van der Waals surface area contributed by atoms with Crippen molar-refractivity contribution in [1.82, 2.24) is 9.97 Å². The van der Waals surface area contributed by atoms with Crippen LogP contribution in [0, 0.1) is 0 Å². The molecule has 2 heterocycles. The summed E-state index contributed by atoms with van der Waals surface area (Å²) in [7, 11) is -7.84. The van der Waals surface area contributed by atoms with Crippen LogP contribution in [0.25, 0.3) is 21.8 Å². The number of benzene rings is 2. The summed E-state index contributed by atoms with van der Waals surface area (Å²) in [6, 6.07) is 10.2. The minimum absolute atomic E-state index is 0.0915. The van der Waals surface area contributed by atoms with Gasteiger partial charge in [-0.1, -0.05) is 43.5 Å². The molecule has 32 heavy (non-hydrogen) atoms. The molecule has 0 unspecified atom stereocenters. The van der Waals surface area contributed by atoms with Gasteiger partial charge in [-0.05, 0) is 36.4 Å². The minimum Gasteiger partial charge on any atom is -0.360 e. The van der Waals surface area contributed by atoms with Crippen molar-refractivity contribution in [3.8, 4) is 0 Å². The van der Waals surface area contributed by atoms with Crippen molar-refractivity contribution in [2.45, 2.75) is 9.79 Å². The molecule has 4 aromatic rings. The number of aromatic nitrogens is 2. The Morgan fingerprint density at radius 2 is 1.44 bits per heavy atom. The van der Waals surface area contributed by atoms with Gasteiger partial charge >= 0.3 is 0 Å². The summed E-state index contributed by atoms with van der Waals surface area (Å²) in [5, 5.41) is 10.9. The predicted octanol–water partition coefficient (Wildman–Crippen LogP) is 3.24. The molecule has 0 aliphatic carbocycles. The van der Waals surface area contributed by atoms with Crippen LogP contribution < -0.4 is 15.7 Å². The molecule has 0 bridgehead atoms. The number of rotatable bonds is 2. The van der Waals surface area contributed by atoms with E-state index in [2.05, 4.69) is 41.8 Å². The maximum atomic E-state index is 11.8. The Morgan fingerprint density at radius 3 is 2.03 bits per heavy atom. The van der Waals surface area contributed by atoms with Crippen molar-refractivity contribution in [2.75, 3.05) is 0 Å². The molecule has 0 spiro atoms. The van der Waals surface area contributed by atoms with Gasteiger partial charge in [0.25, 0.3) is 0 Å². The van der Waals surface area contributed by atoms with Gasteiger partial charge in [0, 0.05) is 37.6 Å². The molecule has 0 atom stereocenters. The van der Waals surface area contributed by atoms with E-state index in [9.17, 15) is 21.6 Å². The van der Waals surface area contributed by atoms with Gasteiger partial charge in [0.2, 0.25) is 25.5 Å². The van der Waals surface area contributed by atoms with Crippen LogP contribution in [-0.2, 0) is 20.0 Å². The van der Waals surface area contributed by atoms with E-state index in [4.69, 9.17) is 21.9 Å². The highest BCUT2D eigenvalue weighted by Gasteiger charge is 2.16. The van der Waals surface area contributed by atoms with E-state index in [1.54, 1.807) is 36.4 Å². The summed E-state index contributed by atoms with van der Waals surface area (Å²) in [4.78, 5) is 17.9. The van der Waals surface area contributed by atoms with Crippen LogP contribution in [-0.4, -0.2) is 26.8 Å². The lowest BCUT2D eigenvalue weighted by molar-refractivity contribution is 0.595. The van der Waals surface area contributed by atoms with Gasteiger partial charge in [-0.25, -0.2) is 27.1 Å². The number of nitrogens with zero attached hydrogens (tertiary/aromatic N) is 1. The number of hydrogen-bond acceptors (Lipinski definition) is 6. The first-order valence-corrected chi connectivity index (χ1v) is 13.4. The van der Waals surface area contributed by atoms with Crippen molar-refractivity contribution >= 4 is 85.3 Å². The third-order valence-corrected chi connectivity index (χ3v) is 7.50. The highest BCUT2D eigenvalue weighted by Crippen LogP contribution is 2.30. The molecule has 5 N–H and O–H groups in total. The zero-order valence-electron chi connectivity index (χ0n) is 15.7. The number of primary sulfonamides is 2. The Labute approximate surface area is 204 Å². The van der Waals surface area contributed by atoms with E-state index in [1.807, 2.05) is 0 Å². The highest BCUT2D eigenvalue weighted by molar-refractivity contribution is 9.10. The van der Waals surface area contributed by atoms with Gasteiger partial charge in [-0.2, -0.15) is 0 Å². The number of nitrogens with two attached hydrogens (primary N) is 2. The van der Waals surface area contributed by atoms with Gasteiger partial charge in [-0.3, -0.25) is 9.78 Å². The van der Waals surface area contributed by atoms with Gasteiger partial charge in [0.1, 0.15) is 9.79 Å². The third kappa shape index (κ3) is 5.36. The second kappa shape index (κ2) is 9.17. The van der Waals surface area contributed by atoms with Crippen LogP contribution in [0.3, 0.4) is 0 Å². The molecule has 0 radical (unpaired) electrons. The molecule has 0 aliphatic rings. The van der Waals surface area contributed by atoms with Crippen LogP contribution in [0.2, 0.25) is 5.02 Å². The zero-order valence-corrected chi connectivity index (χ0v) is 21.3. The van der Waals surface area contributed by atoms with Gasteiger partial charge < -0.3 is 4.98 Å². The summed E-state index contributed by atoms with van der Waals surface area (Å²) in [6.07, 6.45) is 2.27. The van der Waals surface area contributed by atoms with Crippen molar-refractivity contribution in [3.63, 3.8) is 0 Å². The van der Waals surface area contributed by atoms with E-state index in [0.717, 1.165) is 16.9 Å². The maximum absolute atomic E-state index is 11.8. The molecule has 4 rings (SSSR count). The molecule has 0 fully saturated rings. The lowest BCUT2D eigenvalue weighted by Gasteiger charge is -2.05. The van der Waals surface area contributed by atoms with Crippen LogP contribution in [0.1, 0.15) is 0 Å². The SMILES string of the molecule is NS(=O)(=O)c1c[nH]c2ccc(Br)cc2c1=O.NS(=O)(=O)c1cnc2ccc(Br)cc2c1Cl. The van der Waals surface area contributed by atoms with Crippen LogP contribution >= 0.6 is 43.5 Å². The number of pyridine rings is 2. The number of sulfonamides is 2. The minimum atomic E-state index is -4.00. The summed E-state index contributed by atoms with van der Waals surface area (Å²) in [5.41, 5.74) is 0.568. The molecule has 0 saturated carbocycles. The Hall–Kier alpha value is -1.87. The number of fused-ring (bicyclic) bond motifs is 2. The van der Waals surface area contributed by atoms with Crippen molar-refractivity contribution in [1.29, 1.82) is 0 Å². The van der Waals surface area contributed by atoms with Gasteiger partial charge in [0.15, 0.2) is 0 Å². The monoisotopic (exact) mass is 622 g/mol. The second-order valence-electron chi connectivity index (χ2n) is 6.36. The molecule has 0 amide bonds. The first-order valence-electron chi connectivity index (χ1n) is 8.39. The Bertz CT molecular complexity index is 1640. The molecule has 14 heteroatoms. The van der Waals surface area contributed by atoms with Crippen LogP contribution in [0.5, 0.6) is 0 Å². The van der Waals surface area contributed by atoms with Crippen molar-refractivity contribution < 1.29 is 16.8 Å². The molecule has 2 aromatic carbocycles. The van der Waals surface area contributed by atoms with E-state index >= 15 is 0 Å². The van der Waals surface area contributed by atoms with E-state index < -0.39 is 30.4 Å². The third-order valence-electron chi connectivity index (χ3n) is 4.15. The molecule has 0 aliphatic heterocycles. The van der Waals surface area contributed by atoms with E-state index in [0.29, 0.717) is 20.9 Å². The Kier molecular flexibility index (Phi) is 7.10. The average molecular weight is 625 g/mol. The quantitative estimate of drug-likeness (QED) is 0.310. The Balaban J connectivity index is 0.000000181. The van der Waals surface area contributed by atoms with E-state index in [1.165, 1.54) is 0 Å². The fourth-order valence-electron chi connectivity index (χ4n) is 2.70. The van der Waals surface area contributed by atoms with Crippen LogP contribution in [0.15, 0.2) is 72.3 Å². The first-order chi connectivity index (χ1) is 14.8. The normalized spacial score (nSPS) is 11.9. The average Bonchev–Trinajstić information content (AvgIpc) is 2.68. The fourth-order valence-corrected chi connectivity index (χ4v) is 5.09. The lowest BCUT2D eigenvalue weighted by Crippen LogP contribution is -2.21. The molecular weight excluding hydrogens is 612 g/mol. The number of H-pyrrole nitrogens is 1. The van der Waals surface area contributed by atoms with E-state index in [-0.39, 0.29) is 15.3 Å². The molecule has 2 aromatic heterocycles. The lowest BCUT2D eigenvalue weighted by atomic mass is 10.2. The first kappa shape index (κ1) is 24.8. The smallest absolute Gasteiger partial charge is 0.243 e. The van der Waals surface area contributed by atoms with Crippen molar-refractivity contribution in [2.24, 2.45) is 10.3 Å². The topological polar surface area (TPSA) is 166 Å². The molecule has 0 saturated heterocycles. The Morgan fingerprint density at radius 1 is 0.875 bits per heavy atom. The van der Waals surface area contributed by atoms with Crippen LogP contribution in [0.4, 0.5) is 0 Å². The molecule has 9 nitrogen and oxygen atoms in total. The zero-order chi connectivity index (χ0) is 23.8. The number of nitrogens with one attached hydrogen (secondary N) is 1. The standard InChI is InChI=1S/C9H6BrClN2O2S.C9H7BrN2O3S/c10-5-1-2-7-6(3-5)9(11)8(4-13-7)16(12,14)15;10-5-1-2-7-6(3-5)9(13)8(4-12-7)16(11,14)15/h1-4H,(H2,12,14,15);1-4H,(H,12,13)(H2,11,14,15). The molecular formula is C18H13Br2ClN4O5S2. The maximum Gasteiger partial charge on any atom is 0.243 e. The van der Waals surface area contributed by atoms with Gasteiger partial charge in [-0.15, -0.1) is 0 Å². The number of aromatic amines is 1. The number of halogens is 3. The summed E-state index contributed by atoms with van der Waals surface area (Å²) in [5.74, 6) is 0. The highest BCUT2D eigenvalue weighted by atomic mass is 79.9. The largest absolute Gasteiger partial charge is 0.360 e.